The number of ether oxygens (including phenoxy) is 1. The van der Waals surface area contributed by atoms with E-state index in [0.29, 0.717) is 21.2 Å². The largest absolute Gasteiger partial charge is 0.508 e. The van der Waals surface area contributed by atoms with Crippen LogP contribution in [0.5, 0.6) is 17.2 Å². The van der Waals surface area contributed by atoms with Gasteiger partial charge >= 0.3 is 5.97 Å². The third kappa shape index (κ3) is 4.76. The normalized spacial score (nSPS) is 11.3. The number of carboxylic acid groups (broad SMARTS) is 1. The van der Waals surface area contributed by atoms with Gasteiger partial charge in [-0.2, -0.15) is 0 Å². The summed E-state index contributed by atoms with van der Waals surface area (Å²) in [5.41, 5.74) is 0.946. The van der Waals surface area contributed by atoms with Crippen molar-refractivity contribution in [2.75, 3.05) is 0 Å². The fourth-order valence-corrected chi connectivity index (χ4v) is 4.85. The highest BCUT2D eigenvalue weighted by Crippen LogP contribution is 2.44. The van der Waals surface area contributed by atoms with E-state index in [1.165, 1.54) is 30.3 Å². The van der Waals surface area contributed by atoms with Crippen LogP contribution < -0.4 is 4.74 Å². The first-order chi connectivity index (χ1) is 16.5. The zero-order chi connectivity index (χ0) is 25.4. The van der Waals surface area contributed by atoms with Gasteiger partial charge in [0.05, 0.1) is 0 Å². The highest BCUT2D eigenvalue weighted by Gasteiger charge is 2.26. The van der Waals surface area contributed by atoms with Crippen molar-refractivity contribution in [1.29, 1.82) is 0 Å². The molecule has 2 N–H and O–H groups in total. The molecule has 9 heteroatoms. The van der Waals surface area contributed by atoms with Crippen molar-refractivity contribution in [3.05, 3.63) is 93.1 Å². The molecule has 0 atom stereocenters. The summed E-state index contributed by atoms with van der Waals surface area (Å²) in [6.45, 7) is 3.15. The number of hydrogen-bond acceptors (Lipinski definition) is 5. The van der Waals surface area contributed by atoms with Crippen molar-refractivity contribution in [2.45, 2.75) is 13.8 Å². The van der Waals surface area contributed by atoms with Gasteiger partial charge in [-0.25, -0.2) is 18.0 Å². The smallest absolute Gasteiger partial charge is 0.328 e. The quantitative estimate of drug-likeness (QED) is 0.227. The minimum absolute atomic E-state index is 0.0112. The van der Waals surface area contributed by atoms with Crippen LogP contribution in [0.2, 0.25) is 0 Å². The SMILES string of the molecule is Cc1cc(F)cc(C)c1C(=O)c1sc2cc(O)ccc2c1Oc1c(F)cc(/C=C/C(=O)O)cc1F. The van der Waals surface area contributed by atoms with Crippen LogP contribution in [-0.4, -0.2) is 22.0 Å². The maximum atomic E-state index is 14.8. The number of aryl methyl sites for hydroxylation is 2. The zero-order valence-corrected chi connectivity index (χ0v) is 19.2. The predicted molar refractivity (Wildman–Crippen MR) is 126 cm³/mol. The summed E-state index contributed by atoms with van der Waals surface area (Å²) in [4.78, 5) is 24.2. The van der Waals surface area contributed by atoms with E-state index in [1.54, 1.807) is 13.8 Å². The maximum absolute atomic E-state index is 14.8. The molecule has 1 aromatic heterocycles. The molecule has 0 radical (unpaired) electrons. The van der Waals surface area contributed by atoms with Crippen LogP contribution >= 0.6 is 11.3 Å². The highest BCUT2D eigenvalue weighted by molar-refractivity contribution is 7.21. The minimum atomic E-state index is -1.28. The van der Waals surface area contributed by atoms with Gasteiger partial charge in [-0.05, 0) is 79.1 Å². The third-order valence-corrected chi connectivity index (χ3v) is 6.33. The first kappa shape index (κ1) is 24.0. The average Bonchev–Trinajstić information content (AvgIpc) is 3.11. The first-order valence-corrected chi connectivity index (χ1v) is 11.0. The van der Waals surface area contributed by atoms with E-state index in [2.05, 4.69) is 0 Å². The Morgan fingerprint density at radius 1 is 0.943 bits per heavy atom. The number of phenolic OH excluding ortho intramolecular Hbond substituents is 1. The molecule has 0 amide bonds. The van der Waals surface area contributed by atoms with Crippen LogP contribution in [0, 0.1) is 31.3 Å². The van der Waals surface area contributed by atoms with E-state index in [0.717, 1.165) is 35.6 Å². The van der Waals surface area contributed by atoms with Crippen molar-refractivity contribution < 1.29 is 37.7 Å². The number of carboxylic acids is 1. The van der Waals surface area contributed by atoms with Crippen LogP contribution in [0.1, 0.15) is 31.9 Å². The van der Waals surface area contributed by atoms with E-state index >= 15 is 0 Å². The molecule has 1 heterocycles. The number of carbonyl (C=O) groups is 2. The molecule has 0 fully saturated rings. The number of hydrogen-bond donors (Lipinski definition) is 2. The number of rotatable bonds is 6. The lowest BCUT2D eigenvalue weighted by molar-refractivity contribution is -0.131. The first-order valence-electron chi connectivity index (χ1n) is 10.2. The summed E-state index contributed by atoms with van der Waals surface area (Å²) in [7, 11) is 0. The van der Waals surface area contributed by atoms with Crippen LogP contribution in [-0.2, 0) is 4.79 Å². The van der Waals surface area contributed by atoms with E-state index < -0.39 is 35.0 Å². The van der Waals surface area contributed by atoms with Crippen molar-refractivity contribution in [2.24, 2.45) is 0 Å². The number of carbonyl (C=O) groups excluding carboxylic acids is 1. The summed E-state index contributed by atoms with van der Waals surface area (Å²) in [5, 5.41) is 18.9. The van der Waals surface area contributed by atoms with Gasteiger partial charge in [0, 0.05) is 21.7 Å². The summed E-state index contributed by atoms with van der Waals surface area (Å²) in [6.07, 6.45) is 1.76. The molecule has 0 unspecified atom stereocenters. The molecule has 35 heavy (non-hydrogen) atoms. The lowest BCUT2D eigenvalue weighted by Crippen LogP contribution is -2.07. The van der Waals surface area contributed by atoms with Gasteiger partial charge in [0.2, 0.25) is 5.78 Å². The number of halogens is 3. The van der Waals surface area contributed by atoms with Crippen LogP contribution in [0.15, 0.2) is 48.5 Å². The van der Waals surface area contributed by atoms with Gasteiger partial charge in [0.25, 0.3) is 0 Å². The number of fused-ring (bicyclic) bond motifs is 1. The maximum Gasteiger partial charge on any atom is 0.328 e. The Labute approximate surface area is 201 Å². The van der Waals surface area contributed by atoms with E-state index in [9.17, 15) is 27.9 Å². The van der Waals surface area contributed by atoms with E-state index in [4.69, 9.17) is 9.84 Å². The van der Waals surface area contributed by atoms with Gasteiger partial charge in [0.15, 0.2) is 23.1 Å². The Bertz CT molecular complexity index is 1490. The molecule has 0 bridgehead atoms. The van der Waals surface area contributed by atoms with Gasteiger partial charge in [-0.3, -0.25) is 4.79 Å². The van der Waals surface area contributed by atoms with Crippen molar-refractivity contribution in [3.63, 3.8) is 0 Å². The van der Waals surface area contributed by atoms with Gasteiger partial charge in [-0.1, -0.05) is 0 Å². The molecule has 0 saturated heterocycles. The van der Waals surface area contributed by atoms with Crippen molar-refractivity contribution in [1.82, 2.24) is 0 Å². The Morgan fingerprint density at radius 3 is 2.17 bits per heavy atom. The Kier molecular flexibility index (Phi) is 6.36. The van der Waals surface area contributed by atoms with Crippen LogP contribution in [0.4, 0.5) is 13.2 Å². The molecule has 0 aliphatic heterocycles. The second kappa shape index (κ2) is 9.27. The predicted octanol–water partition coefficient (Wildman–Crippen LogP) is 6.76. The van der Waals surface area contributed by atoms with Gasteiger partial charge in [0.1, 0.15) is 16.4 Å². The van der Waals surface area contributed by atoms with Crippen LogP contribution in [0.3, 0.4) is 0 Å². The van der Waals surface area contributed by atoms with Gasteiger partial charge in [-0.15, -0.1) is 11.3 Å². The molecular formula is C26H17F3O5S. The molecule has 5 nitrogen and oxygen atoms in total. The Morgan fingerprint density at radius 2 is 1.57 bits per heavy atom. The third-order valence-electron chi connectivity index (χ3n) is 5.20. The summed E-state index contributed by atoms with van der Waals surface area (Å²) >= 11 is 0.958. The lowest BCUT2D eigenvalue weighted by atomic mass is 9.97. The van der Waals surface area contributed by atoms with Crippen molar-refractivity contribution >= 4 is 39.3 Å². The summed E-state index contributed by atoms with van der Waals surface area (Å²) in [5.74, 6) is -5.52. The average molecular weight is 498 g/mol. The summed E-state index contributed by atoms with van der Waals surface area (Å²) in [6, 6.07) is 8.41. The van der Waals surface area contributed by atoms with Gasteiger partial charge < -0.3 is 14.9 Å². The minimum Gasteiger partial charge on any atom is -0.508 e. The topological polar surface area (TPSA) is 83.8 Å². The fourth-order valence-electron chi connectivity index (χ4n) is 3.74. The molecule has 4 aromatic rings. The number of aromatic hydroxyl groups is 1. The molecule has 0 spiro atoms. The number of benzene rings is 3. The molecular weight excluding hydrogens is 481 g/mol. The highest BCUT2D eigenvalue weighted by atomic mass is 32.1. The Balaban J connectivity index is 1.87. The summed E-state index contributed by atoms with van der Waals surface area (Å²) < 4.78 is 49.5. The lowest BCUT2D eigenvalue weighted by Gasteiger charge is -2.12. The molecule has 178 valence electrons. The number of thiophene rings is 1. The monoisotopic (exact) mass is 498 g/mol. The molecule has 0 saturated carbocycles. The van der Waals surface area contributed by atoms with Crippen LogP contribution in [0.25, 0.3) is 16.2 Å². The molecule has 3 aromatic carbocycles. The second-order valence-corrected chi connectivity index (χ2v) is 8.82. The fraction of sp³-hybridized carbons (Fsp3) is 0.0769. The molecule has 0 aliphatic carbocycles. The molecule has 4 rings (SSSR count). The van der Waals surface area contributed by atoms with E-state index in [-0.39, 0.29) is 27.5 Å². The second-order valence-electron chi connectivity index (χ2n) is 7.77. The standard InChI is InChI=1S/C26H17F3O5S/c1-12-7-15(27)8-13(2)22(12)23(33)26-24(17-5-4-16(30)11-20(17)35-26)34-25-18(28)9-14(10-19(25)29)3-6-21(31)32/h3-11,30H,1-2H3,(H,31,32)/b6-3+. The van der Waals surface area contributed by atoms with Crippen molar-refractivity contribution in [3.8, 4) is 17.2 Å². The zero-order valence-electron chi connectivity index (χ0n) is 18.4. The number of phenols is 1. The molecule has 0 aliphatic rings. The van der Waals surface area contributed by atoms with E-state index in [1.807, 2.05) is 0 Å². The Hall–Kier alpha value is -4.11. The number of aliphatic carboxylic acids is 1. The number of ketones is 1.